The van der Waals surface area contributed by atoms with Crippen LogP contribution < -0.4 is 10.6 Å². The Hall–Kier alpha value is -2.18. The van der Waals surface area contributed by atoms with Crippen LogP contribution in [-0.4, -0.2) is 26.7 Å². The van der Waals surface area contributed by atoms with E-state index in [1.165, 1.54) is 0 Å². The Morgan fingerprint density at radius 3 is 2.39 bits per heavy atom. The second kappa shape index (κ2) is 5.44. The zero-order valence-corrected chi connectivity index (χ0v) is 10.7. The summed E-state index contributed by atoms with van der Waals surface area (Å²) in [7, 11) is 0. The Labute approximate surface area is 105 Å². The van der Waals surface area contributed by atoms with E-state index in [1.807, 2.05) is 19.9 Å². The maximum atomic E-state index is 5.01. The van der Waals surface area contributed by atoms with E-state index in [4.69, 9.17) is 4.52 Å². The number of hydrogen-bond acceptors (Lipinski definition) is 7. The lowest BCUT2D eigenvalue weighted by Gasteiger charge is -2.07. The molecule has 96 valence electrons. The predicted molar refractivity (Wildman–Crippen MR) is 67.3 cm³/mol. The van der Waals surface area contributed by atoms with Crippen LogP contribution in [0.2, 0.25) is 0 Å². The third-order valence-electron chi connectivity index (χ3n) is 2.19. The molecule has 18 heavy (non-hydrogen) atoms. The highest BCUT2D eigenvalue weighted by Gasteiger charge is 2.04. The number of nitrogens with zero attached hydrogens (tertiary/aromatic N) is 4. The first kappa shape index (κ1) is 12.3. The van der Waals surface area contributed by atoms with E-state index in [0.717, 1.165) is 18.2 Å². The van der Waals surface area contributed by atoms with E-state index in [9.17, 15) is 0 Å². The van der Waals surface area contributed by atoms with Gasteiger partial charge in [0, 0.05) is 12.6 Å². The molecule has 0 spiro atoms. The molecule has 0 aliphatic heterocycles. The zero-order chi connectivity index (χ0) is 13.0. The van der Waals surface area contributed by atoms with Gasteiger partial charge in [0.2, 0.25) is 5.89 Å². The average Bonchev–Trinajstić information content (AvgIpc) is 2.72. The molecule has 7 heteroatoms. The number of rotatable bonds is 5. The highest BCUT2D eigenvalue weighted by atomic mass is 16.5. The smallest absolute Gasteiger partial charge is 0.245 e. The first-order valence-corrected chi connectivity index (χ1v) is 5.80. The van der Waals surface area contributed by atoms with E-state index in [0.29, 0.717) is 24.1 Å². The third-order valence-corrected chi connectivity index (χ3v) is 2.19. The van der Waals surface area contributed by atoms with E-state index >= 15 is 0 Å². The van der Waals surface area contributed by atoms with Crippen molar-refractivity contribution in [2.45, 2.75) is 27.3 Å². The fourth-order valence-electron chi connectivity index (χ4n) is 1.51. The van der Waals surface area contributed by atoms with Crippen molar-refractivity contribution >= 4 is 11.6 Å². The van der Waals surface area contributed by atoms with E-state index in [1.54, 1.807) is 6.92 Å². The van der Waals surface area contributed by atoms with Crippen LogP contribution >= 0.6 is 0 Å². The van der Waals surface area contributed by atoms with Crippen molar-refractivity contribution in [2.24, 2.45) is 0 Å². The SMILES string of the molecule is CCNc1cc(NCc2nc(C)no2)nc(C)n1. The standard InChI is InChI=1S/C11H16N6O/c1-4-12-9-5-10(15-7(2)14-9)13-6-11-16-8(3)17-18-11/h5H,4,6H2,1-3H3,(H2,12,13,14,15). The molecule has 0 aliphatic rings. The van der Waals surface area contributed by atoms with Crippen LogP contribution in [0.25, 0.3) is 0 Å². The van der Waals surface area contributed by atoms with Crippen molar-refractivity contribution in [1.82, 2.24) is 20.1 Å². The lowest BCUT2D eigenvalue weighted by Crippen LogP contribution is -2.06. The minimum atomic E-state index is 0.447. The summed E-state index contributed by atoms with van der Waals surface area (Å²) in [6.45, 7) is 6.92. The van der Waals surface area contributed by atoms with Gasteiger partial charge in [0.15, 0.2) is 5.82 Å². The topological polar surface area (TPSA) is 88.8 Å². The van der Waals surface area contributed by atoms with Crippen molar-refractivity contribution < 1.29 is 4.52 Å². The Balaban J connectivity index is 2.04. The zero-order valence-electron chi connectivity index (χ0n) is 10.7. The van der Waals surface area contributed by atoms with Crippen LogP contribution in [0.5, 0.6) is 0 Å². The predicted octanol–water partition coefficient (Wildman–Crippen LogP) is 1.52. The fraction of sp³-hybridized carbons (Fsp3) is 0.455. The minimum absolute atomic E-state index is 0.447. The number of hydrogen-bond donors (Lipinski definition) is 2. The molecule has 0 bridgehead atoms. The van der Waals surface area contributed by atoms with Crippen LogP contribution in [0.15, 0.2) is 10.6 Å². The minimum Gasteiger partial charge on any atom is -0.370 e. The van der Waals surface area contributed by atoms with Gasteiger partial charge >= 0.3 is 0 Å². The molecule has 0 aromatic carbocycles. The summed E-state index contributed by atoms with van der Waals surface area (Å²) >= 11 is 0. The number of anilines is 2. The fourth-order valence-corrected chi connectivity index (χ4v) is 1.51. The molecule has 2 rings (SSSR count). The van der Waals surface area contributed by atoms with Crippen molar-refractivity contribution in [1.29, 1.82) is 0 Å². The molecule has 0 saturated carbocycles. The van der Waals surface area contributed by atoms with Gasteiger partial charge in [-0.15, -0.1) is 0 Å². The first-order valence-electron chi connectivity index (χ1n) is 5.80. The summed E-state index contributed by atoms with van der Waals surface area (Å²) in [4.78, 5) is 12.7. The van der Waals surface area contributed by atoms with Crippen LogP contribution in [0.1, 0.15) is 24.5 Å². The molecule has 0 fully saturated rings. The van der Waals surface area contributed by atoms with Crippen LogP contribution in [0.3, 0.4) is 0 Å². The average molecular weight is 248 g/mol. The van der Waals surface area contributed by atoms with Gasteiger partial charge in [-0.3, -0.25) is 0 Å². The van der Waals surface area contributed by atoms with Gasteiger partial charge in [0.1, 0.15) is 17.5 Å². The van der Waals surface area contributed by atoms with Crippen LogP contribution in [0, 0.1) is 13.8 Å². The van der Waals surface area contributed by atoms with Gasteiger partial charge in [0.05, 0.1) is 6.54 Å². The van der Waals surface area contributed by atoms with Crippen molar-refractivity contribution in [3.63, 3.8) is 0 Å². The Morgan fingerprint density at radius 2 is 1.78 bits per heavy atom. The third kappa shape index (κ3) is 3.16. The van der Waals surface area contributed by atoms with E-state index in [2.05, 4.69) is 30.7 Å². The summed E-state index contributed by atoms with van der Waals surface area (Å²) in [6, 6.07) is 1.85. The molecular formula is C11H16N6O. The number of nitrogens with one attached hydrogen (secondary N) is 2. The second-order valence-electron chi connectivity index (χ2n) is 3.80. The normalized spacial score (nSPS) is 10.4. The highest BCUT2D eigenvalue weighted by molar-refractivity contribution is 5.47. The van der Waals surface area contributed by atoms with Gasteiger partial charge in [-0.1, -0.05) is 5.16 Å². The van der Waals surface area contributed by atoms with Gasteiger partial charge in [-0.05, 0) is 20.8 Å². The summed E-state index contributed by atoms with van der Waals surface area (Å²) in [6.07, 6.45) is 0. The molecule has 2 heterocycles. The Bertz CT molecular complexity index is 524. The number of aromatic nitrogens is 4. The molecule has 0 unspecified atom stereocenters. The maximum Gasteiger partial charge on any atom is 0.245 e. The van der Waals surface area contributed by atoms with E-state index in [-0.39, 0.29) is 0 Å². The molecule has 0 saturated heterocycles. The molecular weight excluding hydrogens is 232 g/mol. The molecule has 2 aromatic rings. The summed E-state index contributed by atoms with van der Waals surface area (Å²) in [5.74, 6) is 3.40. The van der Waals surface area contributed by atoms with E-state index < -0.39 is 0 Å². The second-order valence-corrected chi connectivity index (χ2v) is 3.80. The summed E-state index contributed by atoms with van der Waals surface area (Å²) < 4.78 is 5.01. The summed E-state index contributed by atoms with van der Waals surface area (Å²) in [5, 5.41) is 10.00. The van der Waals surface area contributed by atoms with Gasteiger partial charge in [0.25, 0.3) is 0 Å². The lowest BCUT2D eigenvalue weighted by molar-refractivity contribution is 0.379. The highest BCUT2D eigenvalue weighted by Crippen LogP contribution is 2.11. The molecule has 0 atom stereocenters. The maximum absolute atomic E-state index is 5.01. The molecule has 2 aromatic heterocycles. The van der Waals surface area contributed by atoms with Crippen LogP contribution in [-0.2, 0) is 6.54 Å². The van der Waals surface area contributed by atoms with Crippen molar-refractivity contribution in [3.8, 4) is 0 Å². The lowest BCUT2D eigenvalue weighted by atomic mass is 10.4. The molecule has 0 amide bonds. The van der Waals surface area contributed by atoms with Crippen molar-refractivity contribution in [2.75, 3.05) is 17.2 Å². The monoisotopic (exact) mass is 248 g/mol. The molecule has 0 aliphatic carbocycles. The number of aryl methyl sites for hydroxylation is 2. The molecule has 0 radical (unpaired) electrons. The first-order chi connectivity index (χ1) is 8.67. The Morgan fingerprint density at radius 1 is 1.06 bits per heavy atom. The van der Waals surface area contributed by atoms with Gasteiger partial charge in [-0.2, -0.15) is 4.98 Å². The van der Waals surface area contributed by atoms with Gasteiger partial charge in [-0.25, -0.2) is 9.97 Å². The van der Waals surface area contributed by atoms with Crippen LogP contribution in [0.4, 0.5) is 11.6 Å². The van der Waals surface area contributed by atoms with Gasteiger partial charge < -0.3 is 15.2 Å². The molecule has 2 N–H and O–H groups in total. The Kier molecular flexibility index (Phi) is 3.71. The largest absolute Gasteiger partial charge is 0.370 e. The summed E-state index contributed by atoms with van der Waals surface area (Å²) in [5.41, 5.74) is 0. The molecule has 7 nitrogen and oxygen atoms in total. The van der Waals surface area contributed by atoms with Crippen molar-refractivity contribution in [3.05, 3.63) is 23.6 Å². The quantitative estimate of drug-likeness (QED) is 0.829.